The molecule has 2 rings (SSSR count). The Balaban J connectivity index is 2.13. The molecule has 1 saturated heterocycles. The summed E-state index contributed by atoms with van der Waals surface area (Å²) < 4.78 is 0. The number of hydrogen-bond donors (Lipinski definition) is 1. The lowest BCUT2D eigenvalue weighted by Gasteiger charge is -2.34. The summed E-state index contributed by atoms with van der Waals surface area (Å²) in [5.41, 5.74) is 2.84. The molecule has 2 nitrogen and oxygen atoms in total. The van der Waals surface area contributed by atoms with Crippen molar-refractivity contribution in [2.75, 3.05) is 26.2 Å². The predicted octanol–water partition coefficient (Wildman–Crippen LogP) is 2.77. The van der Waals surface area contributed by atoms with E-state index in [4.69, 9.17) is 0 Å². The van der Waals surface area contributed by atoms with Gasteiger partial charge in [0.2, 0.25) is 0 Å². The maximum atomic E-state index is 3.91. The van der Waals surface area contributed by atoms with Crippen LogP contribution in [0.1, 0.15) is 30.5 Å². The largest absolute Gasteiger partial charge is 0.314 e. The Morgan fingerprint density at radius 3 is 2.50 bits per heavy atom. The molecule has 0 unspecified atom stereocenters. The van der Waals surface area contributed by atoms with Gasteiger partial charge in [0.25, 0.3) is 0 Å². The predicted molar refractivity (Wildman–Crippen MR) is 77.8 cm³/mol. The molecular formula is C16H24N2. The average molecular weight is 244 g/mol. The number of hydrogen-bond acceptors (Lipinski definition) is 2. The van der Waals surface area contributed by atoms with Gasteiger partial charge in [-0.25, -0.2) is 0 Å². The van der Waals surface area contributed by atoms with Crippen molar-refractivity contribution in [3.8, 4) is 0 Å². The Bertz CT molecular complexity index is 363. The molecule has 1 aliphatic rings. The normalized spacial score (nSPS) is 18.5. The fourth-order valence-corrected chi connectivity index (χ4v) is 2.62. The van der Waals surface area contributed by atoms with E-state index >= 15 is 0 Å². The first-order valence-electron chi connectivity index (χ1n) is 6.99. The van der Waals surface area contributed by atoms with Crippen molar-refractivity contribution < 1.29 is 0 Å². The van der Waals surface area contributed by atoms with E-state index in [9.17, 15) is 0 Å². The molecule has 0 spiro atoms. The van der Waals surface area contributed by atoms with Crippen LogP contribution < -0.4 is 5.32 Å². The first-order valence-corrected chi connectivity index (χ1v) is 6.99. The number of piperazine rings is 1. The van der Waals surface area contributed by atoms with Gasteiger partial charge in [0.1, 0.15) is 0 Å². The van der Waals surface area contributed by atoms with Crippen molar-refractivity contribution in [3.05, 3.63) is 48.0 Å². The lowest BCUT2D eigenvalue weighted by Crippen LogP contribution is -2.45. The van der Waals surface area contributed by atoms with E-state index in [0.717, 1.165) is 39.0 Å². The lowest BCUT2D eigenvalue weighted by molar-refractivity contribution is 0.174. The topological polar surface area (TPSA) is 15.3 Å². The Kier molecular flexibility index (Phi) is 4.97. The van der Waals surface area contributed by atoms with Crippen LogP contribution in [0.15, 0.2) is 36.9 Å². The van der Waals surface area contributed by atoms with E-state index in [-0.39, 0.29) is 0 Å². The minimum Gasteiger partial charge on any atom is -0.314 e. The first-order chi connectivity index (χ1) is 8.85. The van der Waals surface area contributed by atoms with Crippen LogP contribution in [0.2, 0.25) is 0 Å². The monoisotopic (exact) mass is 244 g/mol. The Labute approximate surface area is 111 Å². The zero-order chi connectivity index (χ0) is 12.8. The molecule has 1 N–H and O–H groups in total. The molecule has 0 bridgehead atoms. The standard InChI is InChI=1S/C16H24N2/c1-3-5-16(18-12-10-17-11-13-18)15-8-6-14(4-2)7-9-15/h3,6-9,16-17H,1,4-5,10-13H2,2H3/t16-/m1/s1. The van der Waals surface area contributed by atoms with Crippen molar-refractivity contribution in [2.45, 2.75) is 25.8 Å². The molecule has 0 saturated carbocycles. The van der Waals surface area contributed by atoms with Gasteiger partial charge >= 0.3 is 0 Å². The molecule has 1 fully saturated rings. The van der Waals surface area contributed by atoms with Crippen molar-refractivity contribution in [1.29, 1.82) is 0 Å². The van der Waals surface area contributed by atoms with Gasteiger partial charge in [-0.05, 0) is 24.0 Å². The molecule has 0 amide bonds. The third-order valence-electron chi connectivity index (χ3n) is 3.76. The summed E-state index contributed by atoms with van der Waals surface area (Å²) >= 11 is 0. The lowest BCUT2D eigenvalue weighted by atomic mass is 9.99. The van der Waals surface area contributed by atoms with Crippen LogP contribution in [0, 0.1) is 0 Å². The fraction of sp³-hybridized carbons (Fsp3) is 0.500. The Morgan fingerprint density at radius 1 is 1.28 bits per heavy atom. The third kappa shape index (κ3) is 3.21. The highest BCUT2D eigenvalue weighted by atomic mass is 15.2. The van der Waals surface area contributed by atoms with E-state index in [1.807, 2.05) is 6.08 Å². The van der Waals surface area contributed by atoms with Crippen molar-refractivity contribution >= 4 is 0 Å². The fourth-order valence-electron chi connectivity index (χ4n) is 2.62. The van der Waals surface area contributed by atoms with Crippen LogP contribution >= 0.6 is 0 Å². The average Bonchev–Trinajstić information content (AvgIpc) is 2.46. The van der Waals surface area contributed by atoms with Crippen molar-refractivity contribution in [1.82, 2.24) is 10.2 Å². The summed E-state index contributed by atoms with van der Waals surface area (Å²) in [6.45, 7) is 10.6. The van der Waals surface area contributed by atoms with Gasteiger partial charge in [0.05, 0.1) is 0 Å². The molecule has 1 heterocycles. The zero-order valence-corrected chi connectivity index (χ0v) is 11.4. The van der Waals surface area contributed by atoms with Gasteiger partial charge in [-0.3, -0.25) is 4.90 Å². The molecule has 18 heavy (non-hydrogen) atoms. The molecule has 98 valence electrons. The maximum Gasteiger partial charge on any atom is 0.0383 e. The summed E-state index contributed by atoms with van der Waals surface area (Å²) in [5.74, 6) is 0. The SMILES string of the molecule is C=CC[C@H](c1ccc(CC)cc1)N1CCNCC1. The molecular weight excluding hydrogens is 220 g/mol. The smallest absolute Gasteiger partial charge is 0.0383 e. The Morgan fingerprint density at radius 2 is 1.94 bits per heavy atom. The number of rotatable bonds is 5. The molecule has 1 aromatic rings. The molecule has 0 aromatic heterocycles. The maximum absolute atomic E-state index is 3.91. The highest BCUT2D eigenvalue weighted by molar-refractivity contribution is 5.25. The van der Waals surface area contributed by atoms with E-state index in [2.05, 4.69) is 48.0 Å². The summed E-state index contributed by atoms with van der Waals surface area (Å²) in [7, 11) is 0. The first kappa shape index (κ1) is 13.3. The number of benzene rings is 1. The number of nitrogens with zero attached hydrogens (tertiary/aromatic N) is 1. The van der Waals surface area contributed by atoms with Gasteiger partial charge in [0.15, 0.2) is 0 Å². The molecule has 2 heteroatoms. The van der Waals surface area contributed by atoms with E-state index in [1.54, 1.807) is 0 Å². The highest BCUT2D eigenvalue weighted by Crippen LogP contribution is 2.25. The van der Waals surface area contributed by atoms with E-state index in [1.165, 1.54) is 11.1 Å². The van der Waals surface area contributed by atoms with E-state index < -0.39 is 0 Å². The minimum atomic E-state index is 0.496. The molecule has 1 atom stereocenters. The summed E-state index contributed by atoms with van der Waals surface area (Å²) in [5, 5.41) is 3.41. The highest BCUT2D eigenvalue weighted by Gasteiger charge is 2.20. The molecule has 0 aliphatic carbocycles. The van der Waals surface area contributed by atoms with Gasteiger partial charge in [0, 0.05) is 32.2 Å². The summed E-state index contributed by atoms with van der Waals surface area (Å²) in [6.07, 6.45) is 4.19. The number of aryl methyl sites for hydroxylation is 1. The van der Waals surface area contributed by atoms with Gasteiger partial charge < -0.3 is 5.32 Å². The van der Waals surface area contributed by atoms with Crippen LogP contribution in [0.5, 0.6) is 0 Å². The minimum absolute atomic E-state index is 0.496. The third-order valence-corrected chi connectivity index (χ3v) is 3.76. The Hall–Kier alpha value is -1.12. The van der Waals surface area contributed by atoms with Crippen LogP contribution in [0.3, 0.4) is 0 Å². The second-order valence-corrected chi connectivity index (χ2v) is 4.92. The summed E-state index contributed by atoms with van der Waals surface area (Å²) in [4.78, 5) is 2.57. The summed E-state index contributed by atoms with van der Waals surface area (Å²) in [6, 6.07) is 9.58. The van der Waals surface area contributed by atoms with Crippen molar-refractivity contribution in [3.63, 3.8) is 0 Å². The van der Waals surface area contributed by atoms with Gasteiger partial charge in [-0.1, -0.05) is 37.3 Å². The van der Waals surface area contributed by atoms with Crippen LogP contribution in [-0.4, -0.2) is 31.1 Å². The van der Waals surface area contributed by atoms with Crippen LogP contribution in [0.25, 0.3) is 0 Å². The zero-order valence-electron chi connectivity index (χ0n) is 11.4. The van der Waals surface area contributed by atoms with Crippen LogP contribution in [-0.2, 0) is 6.42 Å². The second-order valence-electron chi connectivity index (χ2n) is 4.92. The molecule has 1 aliphatic heterocycles. The van der Waals surface area contributed by atoms with E-state index in [0.29, 0.717) is 6.04 Å². The quantitative estimate of drug-likeness (QED) is 0.801. The van der Waals surface area contributed by atoms with Crippen LogP contribution in [0.4, 0.5) is 0 Å². The van der Waals surface area contributed by atoms with Crippen molar-refractivity contribution in [2.24, 2.45) is 0 Å². The number of nitrogens with one attached hydrogen (secondary N) is 1. The molecule has 1 aromatic carbocycles. The van der Waals surface area contributed by atoms with Gasteiger partial charge in [-0.15, -0.1) is 6.58 Å². The second kappa shape index (κ2) is 6.72. The molecule has 0 radical (unpaired) electrons. The van der Waals surface area contributed by atoms with Gasteiger partial charge in [-0.2, -0.15) is 0 Å².